The van der Waals surface area contributed by atoms with Crippen LogP contribution in [0.15, 0.2) is 48.5 Å². The van der Waals surface area contributed by atoms with Crippen LogP contribution in [0.2, 0.25) is 0 Å². The van der Waals surface area contributed by atoms with E-state index in [-0.39, 0.29) is 0 Å². The van der Waals surface area contributed by atoms with Gasteiger partial charge in [-0.15, -0.1) is 0 Å². The van der Waals surface area contributed by atoms with Gasteiger partial charge in [-0.25, -0.2) is 17.6 Å². The van der Waals surface area contributed by atoms with Gasteiger partial charge in [0.25, 0.3) is 23.8 Å². The van der Waals surface area contributed by atoms with Gasteiger partial charge in [-0.3, -0.25) is 0 Å². The Kier molecular flexibility index (Phi) is 11.1. The Hall–Kier alpha value is -8.60. The molecule has 2 aliphatic carbocycles. The smallest absolute Gasteiger partial charge is 0.201 e. The van der Waals surface area contributed by atoms with Gasteiger partial charge in [0.2, 0.25) is 0 Å². The van der Waals surface area contributed by atoms with E-state index in [0.717, 1.165) is 0 Å². The fourth-order valence-corrected chi connectivity index (χ4v) is 8.42. The summed E-state index contributed by atoms with van der Waals surface area (Å²) in [4.78, 5) is 4.87. The lowest BCUT2D eigenvalue weighted by Crippen LogP contribution is -2.20. The second-order valence-corrected chi connectivity index (χ2v) is 14.1. The minimum atomic E-state index is -5.02. The fourth-order valence-electron chi connectivity index (χ4n) is 8.42. The van der Waals surface area contributed by atoms with Crippen LogP contribution in [0.4, 0.5) is 61.5 Å². The molecule has 2 aromatic heterocycles. The van der Waals surface area contributed by atoms with Crippen molar-refractivity contribution in [1.82, 2.24) is 9.97 Å². The van der Waals surface area contributed by atoms with Crippen LogP contribution in [-0.4, -0.2) is 9.97 Å². The molecule has 0 fully saturated rings. The van der Waals surface area contributed by atoms with E-state index in [1.165, 1.54) is 12.1 Å². The molecule has 4 unspecified atom stereocenters. The average Bonchev–Trinajstić information content (AvgIpc) is 3.79. The molecule has 0 radical (unpaired) electrons. The van der Waals surface area contributed by atoms with E-state index in [0.29, 0.717) is 48.5 Å². The zero-order valence-corrected chi connectivity index (χ0v) is 31.8. The number of nitrogens with zero attached hydrogens (tertiary/aromatic N) is 8. The van der Waals surface area contributed by atoms with Gasteiger partial charge in [0.1, 0.15) is 24.3 Å². The molecule has 2 aliphatic rings. The molecular formula is C44H12F14N8. The van der Waals surface area contributed by atoms with Crippen molar-refractivity contribution in [2.75, 3.05) is 0 Å². The first-order valence-electron chi connectivity index (χ1n) is 18.0. The molecule has 0 spiro atoms. The van der Waals surface area contributed by atoms with E-state index < -0.39 is 172 Å². The van der Waals surface area contributed by atoms with Crippen LogP contribution in [0.5, 0.6) is 0 Å². The Morgan fingerprint density at radius 2 is 0.727 bits per heavy atom. The molecule has 326 valence electrons. The van der Waals surface area contributed by atoms with Gasteiger partial charge < -0.3 is 0 Å². The Balaban J connectivity index is 1.71. The summed E-state index contributed by atoms with van der Waals surface area (Å²) in [6.07, 6.45) is -10.0. The van der Waals surface area contributed by atoms with Gasteiger partial charge in [-0.05, 0) is 57.7 Å². The first-order chi connectivity index (χ1) is 31.1. The number of halogens is 14. The Morgan fingerprint density at radius 3 is 0.955 bits per heavy atom. The monoisotopic (exact) mass is 918 g/mol. The first kappa shape index (κ1) is 45.4. The van der Waals surface area contributed by atoms with Gasteiger partial charge in [0.15, 0.2) is 23.3 Å². The molecule has 0 bridgehead atoms. The van der Waals surface area contributed by atoms with E-state index in [1.807, 2.05) is 0 Å². The standard InChI is InChI=1S/C44H12F14N8/c45-35-33(36(46)40(50)65-39(35)49)23(13-63)29-25(15-1-5-17(6-2-15)43(53,54)55)19(9-59)27-21(11-61)32-28(22(12-62)31(27)29)20(10-60)26(16-3-7-18(8-4-16)44(56,57)58)30(32)24(14-64)34-37(47)41(51)66-42(52)38(34)48/h1-8,23-24,29-30H. The van der Waals surface area contributed by atoms with Crippen LogP contribution in [0.3, 0.4) is 0 Å². The van der Waals surface area contributed by atoms with Gasteiger partial charge in [0.05, 0.1) is 68.5 Å². The molecule has 8 nitrogen and oxygen atoms in total. The summed E-state index contributed by atoms with van der Waals surface area (Å²) in [5.41, 5.74) is -16.0. The van der Waals surface area contributed by atoms with E-state index in [1.54, 1.807) is 24.3 Å². The third-order valence-corrected chi connectivity index (χ3v) is 11.0. The summed E-state index contributed by atoms with van der Waals surface area (Å²) in [7, 11) is 0. The Labute approximate surface area is 359 Å². The maximum absolute atomic E-state index is 15.7. The molecule has 0 saturated carbocycles. The lowest BCUT2D eigenvalue weighted by molar-refractivity contribution is -0.138. The zero-order valence-electron chi connectivity index (χ0n) is 31.8. The molecule has 5 aromatic rings. The summed E-state index contributed by atoms with van der Waals surface area (Å²) in [6.45, 7) is 0. The third-order valence-electron chi connectivity index (χ3n) is 11.0. The number of hydrogen-bond donors (Lipinski definition) is 0. The molecule has 66 heavy (non-hydrogen) atoms. The number of hydrogen-bond acceptors (Lipinski definition) is 8. The van der Waals surface area contributed by atoms with Gasteiger partial charge >= 0.3 is 12.4 Å². The number of rotatable bonds is 6. The molecule has 7 rings (SSSR count). The zero-order chi connectivity index (χ0) is 48.5. The number of alkyl halides is 6. The molecule has 4 atom stereocenters. The highest BCUT2D eigenvalue weighted by Crippen LogP contribution is 2.62. The minimum Gasteiger partial charge on any atom is -0.201 e. The summed E-state index contributed by atoms with van der Waals surface area (Å²) in [6, 6.07) is 13.7. The van der Waals surface area contributed by atoms with Crippen LogP contribution in [-0.2, 0) is 12.4 Å². The molecular weight excluding hydrogens is 907 g/mol. The van der Waals surface area contributed by atoms with Crippen LogP contribution >= 0.6 is 0 Å². The number of fused-ring (bicyclic) bond motifs is 2. The van der Waals surface area contributed by atoms with Crippen LogP contribution < -0.4 is 0 Å². The van der Waals surface area contributed by atoms with Crippen LogP contribution in [0.25, 0.3) is 22.3 Å². The SMILES string of the molecule is N#CC1=C(c2ccc(C(F)(F)F)cc2)C(C(C#N)c2c(F)c(F)nc(F)c2F)c2c(C#N)c3c(c(C#N)c21)C(C(C#N)c1c(F)c(F)nc(F)c1F)C(c1ccc(C(F)(F)F)cc1)=C3C#N. The van der Waals surface area contributed by atoms with Crippen molar-refractivity contribution >= 4 is 22.3 Å². The summed E-state index contributed by atoms with van der Waals surface area (Å²) < 4.78 is 204. The van der Waals surface area contributed by atoms with Crippen molar-refractivity contribution in [2.24, 2.45) is 0 Å². The molecule has 0 saturated heterocycles. The quantitative estimate of drug-likeness (QED) is 0.120. The summed E-state index contributed by atoms with van der Waals surface area (Å²) in [5, 5.41) is 64.9. The van der Waals surface area contributed by atoms with E-state index >= 15 is 17.6 Å². The van der Waals surface area contributed by atoms with Crippen LogP contribution in [0, 0.1) is 115 Å². The summed E-state index contributed by atoms with van der Waals surface area (Å²) >= 11 is 0. The van der Waals surface area contributed by atoms with Gasteiger partial charge in [0, 0.05) is 23.0 Å². The largest absolute Gasteiger partial charge is 0.416 e. The number of pyridine rings is 2. The molecule has 0 N–H and O–H groups in total. The Morgan fingerprint density at radius 1 is 0.439 bits per heavy atom. The number of aromatic nitrogens is 2. The first-order valence-corrected chi connectivity index (χ1v) is 18.0. The molecule has 0 amide bonds. The van der Waals surface area contributed by atoms with Crippen molar-refractivity contribution < 1.29 is 61.5 Å². The maximum Gasteiger partial charge on any atom is 0.416 e. The fraction of sp³-hybridized carbons (Fsp3) is 0.136. The predicted molar refractivity (Wildman–Crippen MR) is 194 cm³/mol. The van der Waals surface area contributed by atoms with E-state index in [4.69, 9.17) is 0 Å². The van der Waals surface area contributed by atoms with Gasteiger partial charge in [-0.1, -0.05) is 24.3 Å². The lowest BCUT2D eigenvalue weighted by atomic mass is 9.73. The molecule has 3 aromatic carbocycles. The molecule has 2 heterocycles. The Bertz CT molecular complexity index is 3020. The highest BCUT2D eigenvalue weighted by Gasteiger charge is 2.51. The number of allylic oxidation sites excluding steroid dienone is 4. The van der Waals surface area contributed by atoms with Crippen molar-refractivity contribution in [3.05, 3.63) is 162 Å². The van der Waals surface area contributed by atoms with Crippen LogP contribution in [0.1, 0.15) is 90.4 Å². The highest BCUT2D eigenvalue weighted by molar-refractivity contribution is 6.13. The van der Waals surface area contributed by atoms with Crippen molar-refractivity contribution in [3.8, 4) is 36.4 Å². The van der Waals surface area contributed by atoms with E-state index in [9.17, 15) is 75.5 Å². The van der Waals surface area contributed by atoms with E-state index in [2.05, 4.69) is 9.97 Å². The minimum absolute atomic E-state index is 0.429. The second-order valence-electron chi connectivity index (χ2n) is 14.1. The second kappa shape index (κ2) is 16.2. The van der Waals surface area contributed by atoms with Crippen molar-refractivity contribution in [3.63, 3.8) is 0 Å². The lowest BCUT2D eigenvalue weighted by Gasteiger charge is -2.27. The topological polar surface area (TPSA) is 169 Å². The number of nitriles is 6. The summed E-state index contributed by atoms with van der Waals surface area (Å²) in [5.74, 6) is -28.7. The number of benzene rings is 3. The molecule has 0 aliphatic heterocycles. The van der Waals surface area contributed by atoms with Gasteiger partial charge in [-0.2, -0.15) is 85.4 Å². The molecule has 22 heteroatoms. The average molecular weight is 919 g/mol. The highest BCUT2D eigenvalue weighted by atomic mass is 19.4. The van der Waals surface area contributed by atoms with Crippen molar-refractivity contribution in [2.45, 2.75) is 36.0 Å². The van der Waals surface area contributed by atoms with Crippen molar-refractivity contribution in [1.29, 1.82) is 31.6 Å². The third kappa shape index (κ3) is 6.79. The normalized spacial score (nSPS) is 16.3. The predicted octanol–water partition coefficient (Wildman–Crippen LogP) is 11.0. The maximum atomic E-state index is 15.7.